The Kier molecular flexibility index (Phi) is 3.94. The van der Waals surface area contributed by atoms with Crippen LogP contribution in [-0.4, -0.2) is 35.4 Å². The van der Waals surface area contributed by atoms with Gasteiger partial charge >= 0.3 is 105 Å². The number of benzene rings is 1. The van der Waals surface area contributed by atoms with Gasteiger partial charge in [0.2, 0.25) is 0 Å². The fraction of sp³-hybridized carbons (Fsp3) is 0.167. The topological polar surface area (TPSA) is 0 Å². The Balaban J connectivity index is 3.53. The van der Waals surface area contributed by atoms with E-state index in [2.05, 4.69) is 60.7 Å². The SMILES string of the molecule is [Li][c]1ccc(C(=C)C)c(C(=C)C)[c]1[Li]. The molecule has 1 rings (SSSR count). The van der Waals surface area contributed by atoms with Gasteiger partial charge in [0, 0.05) is 0 Å². The predicted octanol–water partition coefficient (Wildman–Crippen LogP) is 1.34. The zero-order chi connectivity index (χ0) is 10.9. The molecule has 0 aliphatic rings. The van der Waals surface area contributed by atoms with E-state index in [1.165, 1.54) is 19.6 Å². The normalized spacial score (nSPS) is 10.1. The molecule has 0 aliphatic heterocycles. The van der Waals surface area contributed by atoms with E-state index in [0.717, 1.165) is 11.1 Å². The molecule has 0 radical (unpaired) electrons. The van der Waals surface area contributed by atoms with Crippen molar-refractivity contribution < 1.29 is 0 Å². The van der Waals surface area contributed by atoms with Crippen LogP contribution >= 0.6 is 0 Å². The van der Waals surface area contributed by atoms with Gasteiger partial charge in [-0.25, -0.2) is 0 Å². The van der Waals surface area contributed by atoms with Gasteiger partial charge in [-0.2, -0.15) is 0 Å². The van der Waals surface area contributed by atoms with E-state index < -0.39 is 0 Å². The van der Waals surface area contributed by atoms with E-state index in [9.17, 15) is 0 Å². The van der Waals surface area contributed by atoms with Crippen LogP contribution in [0.2, 0.25) is 0 Å². The number of allylic oxidation sites excluding steroid dienone is 2. The van der Waals surface area contributed by atoms with Gasteiger partial charge < -0.3 is 0 Å². The molecule has 0 atom stereocenters. The zero-order valence-electron chi connectivity index (χ0n) is 9.57. The summed E-state index contributed by atoms with van der Waals surface area (Å²) >= 11 is 4.27. The van der Waals surface area contributed by atoms with Crippen LogP contribution in [0, 0.1) is 0 Å². The van der Waals surface area contributed by atoms with E-state index in [1.807, 2.05) is 13.8 Å². The van der Waals surface area contributed by atoms with Gasteiger partial charge in [0.25, 0.3) is 0 Å². The molecular weight excluding hydrogens is 158 g/mol. The average Bonchev–Trinajstić information content (AvgIpc) is 2.08. The monoisotopic (exact) mass is 170 g/mol. The van der Waals surface area contributed by atoms with Gasteiger partial charge in [0.1, 0.15) is 0 Å². The second-order valence-electron chi connectivity index (χ2n) is 3.99. The first-order valence-corrected chi connectivity index (χ1v) is 4.87. The average molecular weight is 170 g/mol. The summed E-state index contributed by atoms with van der Waals surface area (Å²) in [5, 5.41) is 0. The van der Waals surface area contributed by atoms with Crippen molar-refractivity contribution in [3.63, 3.8) is 0 Å². The quantitative estimate of drug-likeness (QED) is 0.587. The van der Waals surface area contributed by atoms with Crippen molar-refractivity contribution in [1.29, 1.82) is 0 Å². The molecule has 0 aromatic heterocycles. The number of hydrogen-bond donors (Lipinski definition) is 0. The van der Waals surface area contributed by atoms with Crippen molar-refractivity contribution in [3.05, 3.63) is 36.4 Å². The molecule has 0 spiro atoms. The molecule has 0 heterocycles. The molecule has 1 aromatic carbocycles. The summed E-state index contributed by atoms with van der Waals surface area (Å²) < 4.78 is 2.63. The van der Waals surface area contributed by atoms with Gasteiger partial charge in [0.05, 0.1) is 0 Å². The summed E-state index contributed by atoms with van der Waals surface area (Å²) in [7, 11) is 0. The van der Waals surface area contributed by atoms with Crippen LogP contribution in [0.4, 0.5) is 0 Å². The number of hydrogen-bond acceptors (Lipinski definition) is 0. The Labute approximate surface area is 105 Å². The minimum atomic E-state index is 1.10. The maximum absolute atomic E-state index is 4.03. The van der Waals surface area contributed by atoms with E-state index in [4.69, 9.17) is 0 Å². The van der Waals surface area contributed by atoms with Gasteiger partial charge in [-0.15, -0.1) is 0 Å². The fourth-order valence-corrected chi connectivity index (χ4v) is 1.72. The molecule has 0 aliphatic carbocycles. The molecule has 62 valence electrons. The molecule has 0 fully saturated rings. The third-order valence-electron chi connectivity index (χ3n) is 2.62. The first kappa shape index (κ1) is 12.0. The van der Waals surface area contributed by atoms with Crippen LogP contribution in [0.5, 0.6) is 0 Å². The third kappa shape index (κ3) is 2.28. The maximum atomic E-state index is 4.03. The fourth-order valence-electron chi connectivity index (χ4n) is 1.72. The molecule has 0 unspecified atom stereocenters. The van der Waals surface area contributed by atoms with Gasteiger partial charge in [-0.3, -0.25) is 0 Å². The van der Waals surface area contributed by atoms with Crippen molar-refractivity contribution >= 4 is 55.0 Å². The van der Waals surface area contributed by atoms with E-state index in [0.29, 0.717) is 0 Å². The Morgan fingerprint density at radius 3 is 2.07 bits per heavy atom. The van der Waals surface area contributed by atoms with Crippen molar-refractivity contribution in [2.24, 2.45) is 0 Å². The molecule has 1 aromatic rings. The molecule has 0 bridgehead atoms. The van der Waals surface area contributed by atoms with Crippen LogP contribution in [0.3, 0.4) is 0 Å². The van der Waals surface area contributed by atoms with Crippen LogP contribution in [0.15, 0.2) is 25.3 Å². The molecule has 0 saturated heterocycles. The molecule has 0 amide bonds. The van der Waals surface area contributed by atoms with Gasteiger partial charge in [-0.05, 0) is 0 Å². The van der Waals surface area contributed by atoms with Crippen molar-refractivity contribution in [3.8, 4) is 0 Å². The summed E-state index contributed by atoms with van der Waals surface area (Å²) in [4.78, 5) is 0. The molecule has 0 nitrogen and oxygen atoms in total. The summed E-state index contributed by atoms with van der Waals surface area (Å²) in [6.45, 7) is 12.1. The number of rotatable bonds is 2. The van der Waals surface area contributed by atoms with Crippen molar-refractivity contribution in [2.45, 2.75) is 13.8 Å². The summed E-state index contributed by atoms with van der Waals surface area (Å²) in [6.07, 6.45) is 0. The second kappa shape index (κ2) is 4.61. The molecule has 0 N–H and O–H groups in total. The van der Waals surface area contributed by atoms with Gasteiger partial charge in [0.15, 0.2) is 0 Å². The molecule has 2 heteroatoms. The molecule has 0 saturated carbocycles. The second-order valence-corrected chi connectivity index (χ2v) is 3.99. The molecular formula is C12H12Li2. The Morgan fingerprint density at radius 2 is 1.64 bits per heavy atom. The Hall–Kier alpha value is -0.105. The first-order chi connectivity index (χ1) is 6.45. The summed E-state index contributed by atoms with van der Waals surface area (Å²) in [6, 6.07) is 4.28. The van der Waals surface area contributed by atoms with E-state index in [1.54, 1.807) is 0 Å². The van der Waals surface area contributed by atoms with Gasteiger partial charge in [-0.1, -0.05) is 0 Å². The zero-order valence-corrected chi connectivity index (χ0v) is 9.57. The predicted molar refractivity (Wildman–Crippen MR) is 66.6 cm³/mol. The summed E-state index contributed by atoms with van der Waals surface area (Å²) in [5.74, 6) is 0. The standard InChI is InChI=1S/C12H12.2Li/c1-9(2)11-7-5-6-8-12(11)10(3)4;;/h5,7H,1,3H2,2,4H3;;. The Morgan fingerprint density at radius 1 is 1.07 bits per heavy atom. The van der Waals surface area contributed by atoms with Crippen molar-refractivity contribution in [1.82, 2.24) is 0 Å². The van der Waals surface area contributed by atoms with Crippen LogP contribution in [0.1, 0.15) is 25.0 Å². The van der Waals surface area contributed by atoms with E-state index in [-0.39, 0.29) is 0 Å². The van der Waals surface area contributed by atoms with Crippen LogP contribution in [-0.2, 0) is 0 Å². The third-order valence-corrected chi connectivity index (χ3v) is 2.62. The van der Waals surface area contributed by atoms with E-state index >= 15 is 0 Å². The summed E-state index contributed by atoms with van der Waals surface area (Å²) in [5.41, 5.74) is 4.70. The first-order valence-electron chi connectivity index (χ1n) is 4.87. The minimum absolute atomic E-state index is 1.10. The molecule has 14 heavy (non-hydrogen) atoms. The van der Waals surface area contributed by atoms with Crippen LogP contribution in [0.25, 0.3) is 11.1 Å². The van der Waals surface area contributed by atoms with Crippen molar-refractivity contribution in [2.75, 3.05) is 0 Å². The van der Waals surface area contributed by atoms with Crippen LogP contribution < -0.4 is 8.47 Å². The Bertz CT molecular complexity index is 403.